The summed E-state index contributed by atoms with van der Waals surface area (Å²) < 4.78 is 42.8. The molecule has 246 valence electrons. The maximum absolute atomic E-state index is 14.9. The summed E-state index contributed by atoms with van der Waals surface area (Å²) in [6.07, 6.45) is 2.94. The number of carbonyl (C=O) groups excluding carboxylic acids is 3. The number of halogens is 1. The van der Waals surface area contributed by atoms with Crippen LogP contribution in [0, 0.1) is 5.82 Å². The predicted molar refractivity (Wildman–Crippen MR) is 174 cm³/mol. The standard InChI is InChI=1S/C35H37FN4O6S/c1-37(2)19-10-22-40-33(43)32(42)30(31(41)24-15-17-26(18-16-24)47(45,46)38-20-8-3-9-21-38)35(40)27-12-5-7-14-29(27)39(34(35)44)23-25-11-4-6-13-28(25)36/h4-7,11-18,41H,3,8-10,19-23H2,1-2H3/t35-/m0/s1. The van der Waals surface area contributed by atoms with E-state index in [1.807, 2.05) is 19.0 Å². The monoisotopic (exact) mass is 660 g/mol. The number of aliphatic hydroxyl groups excluding tert-OH is 1. The average Bonchev–Trinajstić information content (AvgIpc) is 3.44. The fraction of sp³-hybridized carbons (Fsp3) is 0.343. The number of anilines is 1. The lowest BCUT2D eigenvalue weighted by molar-refractivity contribution is -0.143. The lowest BCUT2D eigenvalue weighted by Crippen LogP contribution is -2.52. The molecule has 0 aliphatic carbocycles. The second-order valence-electron chi connectivity index (χ2n) is 12.4. The molecule has 0 radical (unpaired) electrons. The molecule has 2 saturated heterocycles. The first-order valence-corrected chi connectivity index (χ1v) is 17.1. The van der Waals surface area contributed by atoms with Gasteiger partial charge in [-0.05, 0) is 76.3 Å². The van der Waals surface area contributed by atoms with E-state index < -0.39 is 50.3 Å². The molecule has 47 heavy (non-hydrogen) atoms. The van der Waals surface area contributed by atoms with Gasteiger partial charge in [0.1, 0.15) is 11.6 Å². The van der Waals surface area contributed by atoms with Crippen molar-refractivity contribution in [2.45, 2.75) is 42.7 Å². The Morgan fingerprint density at radius 2 is 1.57 bits per heavy atom. The summed E-state index contributed by atoms with van der Waals surface area (Å²) in [5.41, 5.74) is -1.42. The van der Waals surface area contributed by atoms with Crippen LogP contribution in [0.1, 0.15) is 42.4 Å². The van der Waals surface area contributed by atoms with Crippen LogP contribution >= 0.6 is 0 Å². The number of Topliss-reactive ketones (excluding diaryl/α,β-unsaturated/α-hetero) is 1. The zero-order valence-electron chi connectivity index (χ0n) is 26.4. The highest BCUT2D eigenvalue weighted by molar-refractivity contribution is 7.89. The Morgan fingerprint density at radius 3 is 2.26 bits per heavy atom. The topological polar surface area (TPSA) is 119 Å². The fourth-order valence-electron chi connectivity index (χ4n) is 6.85. The Labute approximate surface area is 273 Å². The Hall–Kier alpha value is -4.39. The normalized spacial score (nSPS) is 21.3. The molecule has 3 heterocycles. The van der Waals surface area contributed by atoms with Gasteiger partial charge in [-0.1, -0.05) is 42.8 Å². The Bertz CT molecular complexity index is 1870. The third-order valence-electron chi connectivity index (χ3n) is 9.16. The molecule has 0 aromatic heterocycles. The molecule has 2 fully saturated rings. The summed E-state index contributed by atoms with van der Waals surface area (Å²) >= 11 is 0. The van der Waals surface area contributed by atoms with E-state index in [9.17, 15) is 32.3 Å². The summed E-state index contributed by atoms with van der Waals surface area (Å²) in [7, 11) is -0.0372. The number of sulfonamides is 1. The number of carbonyl (C=O) groups is 3. The molecule has 1 N–H and O–H groups in total. The van der Waals surface area contributed by atoms with Crippen molar-refractivity contribution < 1.29 is 32.3 Å². The molecule has 10 nitrogen and oxygen atoms in total. The number of amides is 2. The minimum Gasteiger partial charge on any atom is -0.507 e. The smallest absolute Gasteiger partial charge is 0.296 e. The van der Waals surface area contributed by atoms with E-state index in [-0.39, 0.29) is 29.1 Å². The lowest BCUT2D eigenvalue weighted by atomic mass is 9.82. The molecule has 3 aliphatic rings. The van der Waals surface area contributed by atoms with E-state index in [0.29, 0.717) is 37.3 Å². The first kappa shape index (κ1) is 32.5. The minimum absolute atomic E-state index is 0.0279. The van der Waals surface area contributed by atoms with Gasteiger partial charge in [-0.25, -0.2) is 12.8 Å². The van der Waals surface area contributed by atoms with Crippen molar-refractivity contribution in [3.63, 3.8) is 0 Å². The maximum Gasteiger partial charge on any atom is 0.296 e. The fourth-order valence-corrected chi connectivity index (χ4v) is 8.37. The van der Waals surface area contributed by atoms with Crippen molar-refractivity contribution in [2.75, 3.05) is 45.2 Å². The predicted octanol–water partition coefficient (Wildman–Crippen LogP) is 4.07. The van der Waals surface area contributed by atoms with Crippen LogP contribution < -0.4 is 4.90 Å². The molecule has 12 heteroatoms. The van der Waals surface area contributed by atoms with Crippen molar-refractivity contribution in [3.05, 3.63) is 101 Å². The summed E-state index contributed by atoms with van der Waals surface area (Å²) in [5.74, 6) is -3.76. The van der Waals surface area contributed by atoms with E-state index >= 15 is 0 Å². The van der Waals surface area contributed by atoms with E-state index in [4.69, 9.17) is 0 Å². The summed E-state index contributed by atoms with van der Waals surface area (Å²) in [4.78, 5) is 47.1. The van der Waals surface area contributed by atoms with E-state index in [0.717, 1.165) is 19.3 Å². The second kappa shape index (κ2) is 12.7. The molecular weight excluding hydrogens is 623 g/mol. The van der Waals surface area contributed by atoms with Crippen LogP contribution in [0.25, 0.3) is 5.76 Å². The third-order valence-corrected chi connectivity index (χ3v) is 11.1. The van der Waals surface area contributed by atoms with E-state index in [1.165, 1.54) is 44.4 Å². The highest BCUT2D eigenvalue weighted by atomic mass is 32.2. The third kappa shape index (κ3) is 5.43. The van der Waals surface area contributed by atoms with Gasteiger partial charge in [-0.3, -0.25) is 14.4 Å². The molecule has 1 spiro atoms. The number of ketones is 1. The van der Waals surface area contributed by atoms with Crippen molar-refractivity contribution in [1.82, 2.24) is 14.1 Å². The minimum atomic E-state index is -3.77. The maximum atomic E-state index is 14.9. The number of nitrogens with zero attached hydrogens (tertiary/aromatic N) is 4. The number of para-hydroxylation sites is 1. The largest absolute Gasteiger partial charge is 0.507 e. The van der Waals surface area contributed by atoms with Gasteiger partial charge in [0, 0.05) is 36.3 Å². The average molecular weight is 661 g/mol. The molecular formula is C35H37FN4O6S. The summed E-state index contributed by atoms with van der Waals surface area (Å²) in [6, 6.07) is 18.2. The van der Waals surface area contributed by atoms with Crippen LogP contribution in [0.4, 0.5) is 10.1 Å². The van der Waals surface area contributed by atoms with Gasteiger partial charge in [0.15, 0.2) is 5.54 Å². The van der Waals surface area contributed by atoms with Gasteiger partial charge >= 0.3 is 0 Å². The molecule has 0 unspecified atom stereocenters. The molecule has 0 saturated carbocycles. The number of fused-ring (bicyclic) bond motifs is 2. The first-order chi connectivity index (χ1) is 22.5. The zero-order chi connectivity index (χ0) is 33.5. The SMILES string of the molecule is CN(C)CCCN1C(=O)C(=O)C(=C(O)c2ccc(S(=O)(=O)N3CCCCC3)cc2)[C@@]12C(=O)N(Cc1ccccc1F)c1ccccc12. The zero-order valence-corrected chi connectivity index (χ0v) is 27.2. The molecule has 2 amide bonds. The highest BCUT2D eigenvalue weighted by Gasteiger charge is 2.67. The van der Waals surface area contributed by atoms with Crippen LogP contribution in [0.15, 0.2) is 83.3 Å². The van der Waals surface area contributed by atoms with Crippen LogP contribution in [0.5, 0.6) is 0 Å². The number of piperidine rings is 1. The van der Waals surface area contributed by atoms with Gasteiger partial charge < -0.3 is 19.8 Å². The van der Waals surface area contributed by atoms with Crippen LogP contribution in [-0.4, -0.2) is 85.5 Å². The van der Waals surface area contributed by atoms with Gasteiger partial charge in [0.2, 0.25) is 10.0 Å². The first-order valence-electron chi connectivity index (χ1n) is 15.7. The van der Waals surface area contributed by atoms with Gasteiger partial charge in [-0.15, -0.1) is 0 Å². The Kier molecular flexibility index (Phi) is 8.77. The van der Waals surface area contributed by atoms with Crippen molar-refractivity contribution >= 4 is 39.1 Å². The van der Waals surface area contributed by atoms with Gasteiger partial charge in [0.05, 0.1) is 22.7 Å². The van der Waals surface area contributed by atoms with E-state index in [2.05, 4.69) is 0 Å². The van der Waals surface area contributed by atoms with Crippen molar-refractivity contribution in [1.29, 1.82) is 0 Å². The quantitative estimate of drug-likeness (QED) is 0.209. The number of hydrogen-bond donors (Lipinski definition) is 1. The number of hydrogen-bond acceptors (Lipinski definition) is 7. The number of rotatable bonds is 9. The van der Waals surface area contributed by atoms with Crippen LogP contribution in [0.2, 0.25) is 0 Å². The van der Waals surface area contributed by atoms with Crippen molar-refractivity contribution in [2.24, 2.45) is 0 Å². The number of likely N-dealkylation sites (tertiary alicyclic amines) is 1. The van der Waals surface area contributed by atoms with Crippen LogP contribution in [0.3, 0.4) is 0 Å². The molecule has 3 aliphatic heterocycles. The molecule has 6 rings (SSSR count). The van der Waals surface area contributed by atoms with Gasteiger partial charge in [-0.2, -0.15) is 4.31 Å². The molecule has 0 bridgehead atoms. The lowest BCUT2D eigenvalue weighted by Gasteiger charge is -2.35. The van der Waals surface area contributed by atoms with Gasteiger partial charge in [0.25, 0.3) is 17.6 Å². The Morgan fingerprint density at radius 1 is 0.915 bits per heavy atom. The molecule has 3 aromatic carbocycles. The molecule has 1 atom stereocenters. The summed E-state index contributed by atoms with van der Waals surface area (Å²) in [6.45, 7) is 1.26. The van der Waals surface area contributed by atoms with Crippen molar-refractivity contribution in [3.8, 4) is 0 Å². The Balaban J connectivity index is 1.49. The number of benzene rings is 3. The molecule has 3 aromatic rings. The number of aliphatic hydroxyl groups is 1. The second-order valence-corrected chi connectivity index (χ2v) is 14.3. The van der Waals surface area contributed by atoms with Crippen LogP contribution in [-0.2, 0) is 36.5 Å². The highest BCUT2D eigenvalue weighted by Crippen LogP contribution is 2.54. The summed E-state index contributed by atoms with van der Waals surface area (Å²) in [5, 5.41) is 11.9. The van der Waals surface area contributed by atoms with E-state index in [1.54, 1.807) is 42.5 Å².